The van der Waals surface area contributed by atoms with Crippen LogP contribution in [-0.2, 0) is 0 Å². The number of hydrogen-bond acceptors (Lipinski definition) is 1. The van der Waals surface area contributed by atoms with Gasteiger partial charge in [-0.25, -0.2) is 0 Å². The lowest BCUT2D eigenvalue weighted by Crippen LogP contribution is -1.93. The van der Waals surface area contributed by atoms with Crippen LogP contribution < -0.4 is 0 Å². The molecule has 0 fully saturated rings. The molecule has 11 aromatic rings. The Kier molecular flexibility index (Phi) is 6.59. The molecule has 0 N–H and O–H groups in total. The fraction of sp³-hybridized carbons (Fsp3) is 0. The van der Waals surface area contributed by atoms with Crippen LogP contribution in [0, 0.1) is 0 Å². The second kappa shape index (κ2) is 11.8. The normalized spacial score (nSPS) is 11.8. The van der Waals surface area contributed by atoms with Crippen molar-refractivity contribution < 1.29 is 0 Å². The minimum Gasteiger partial charge on any atom is -0.309 e. The third kappa shape index (κ3) is 4.70. The van der Waals surface area contributed by atoms with E-state index in [4.69, 9.17) is 0 Å². The molecule has 0 amide bonds. The zero-order valence-corrected chi connectivity index (χ0v) is 28.9. The first-order valence-corrected chi connectivity index (χ1v) is 18.2. The number of hydrogen-bond donors (Lipinski definition) is 0. The summed E-state index contributed by atoms with van der Waals surface area (Å²) < 4.78 is 2.38. The molecule has 0 spiro atoms. The summed E-state index contributed by atoms with van der Waals surface area (Å²) in [4.78, 5) is 4.54. The van der Waals surface area contributed by atoms with Crippen molar-refractivity contribution >= 4 is 54.1 Å². The van der Waals surface area contributed by atoms with Gasteiger partial charge in [-0.3, -0.25) is 4.98 Å². The minimum absolute atomic E-state index is 0.989. The smallest absolute Gasteiger partial charge is 0.0701 e. The van der Waals surface area contributed by atoms with E-state index in [9.17, 15) is 0 Å². The van der Waals surface area contributed by atoms with Gasteiger partial charge in [-0.2, -0.15) is 0 Å². The molecule has 2 nitrogen and oxygen atoms in total. The van der Waals surface area contributed by atoms with Crippen LogP contribution in [0.4, 0.5) is 0 Å². The number of pyridine rings is 1. The van der Waals surface area contributed by atoms with Crippen LogP contribution in [-0.4, -0.2) is 9.55 Å². The van der Waals surface area contributed by atoms with Gasteiger partial charge < -0.3 is 4.57 Å². The van der Waals surface area contributed by atoms with Gasteiger partial charge in [0.1, 0.15) is 0 Å². The van der Waals surface area contributed by atoms with Gasteiger partial charge in [0, 0.05) is 28.2 Å². The summed E-state index contributed by atoms with van der Waals surface area (Å²) >= 11 is 0. The lowest BCUT2D eigenvalue weighted by molar-refractivity contribution is 1.18. The van der Waals surface area contributed by atoms with E-state index < -0.39 is 0 Å². The van der Waals surface area contributed by atoms with E-state index in [1.165, 1.54) is 93.2 Å². The van der Waals surface area contributed by atoms with Gasteiger partial charge in [-0.05, 0) is 102 Å². The molecule has 0 radical (unpaired) electrons. The quantitative estimate of drug-likeness (QED) is 0.166. The van der Waals surface area contributed by atoms with Crippen molar-refractivity contribution in [2.45, 2.75) is 0 Å². The first-order valence-electron chi connectivity index (χ1n) is 18.2. The van der Waals surface area contributed by atoms with Crippen molar-refractivity contribution in [2.75, 3.05) is 0 Å². The van der Waals surface area contributed by atoms with Gasteiger partial charge >= 0.3 is 0 Å². The Morgan fingerprint density at radius 2 is 0.868 bits per heavy atom. The molecule has 0 atom stereocenters. The van der Waals surface area contributed by atoms with Crippen molar-refractivity contribution in [3.63, 3.8) is 0 Å². The molecule has 11 rings (SSSR count). The average molecular weight is 673 g/mol. The van der Waals surface area contributed by atoms with Crippen LogP contribution in [0.3, 0.4) is 0 Å². The van der Waals surface area contributed by atoms with Crippen LogP contribution in [0.1, 0.15) is 0 Å². The summed E-state index contributed by atoms with van der Waals surface area (Å²) in [5, 5.41) is 10.3. The molecular weight excluding hydrogens is 641 g/mol. The minimum atomic E-state index is 0.989. The van der Waals surface area contributed by atoms with Gasteiger partial charge in [0.15, 0.2) is 0 Å². The summed E-state index contributed by atoms with van der Waals surface area (Å²) in [5.41, 5.74) is 13.1. The van der Waals surface area contributed by atoms with Gasteiger partial charge in [-0.1, -0.05) is 152 Å². The Labute approximate surface area is 307 Å². The maximum Gasteiger partial charge on any atom is 0.0701 e. The van der Waals surface area contributed by atoms with E-state index in [0.29, 0.717) is 0 Å². The summed E-state index contributed by atoms with van der Waals surface area (Å²) in [5.74, 6) is 0. The highest BCUT2D eigenvalue weighted by molar-refractivity contribution is 6.27. The Balaban J connectivity index is 1.00. The fourth-order valence-electron chi connectivity index (χ4n) is 8.51. The molecule has 0 saturated carbocycles. The highest BCUT2D eigenvalue weighted by Crippen LogP contribution is 2.43. The molecule has 2 heteroatoms. The van der Waals surface area contributed by atoms with E-state index >= 15 is 0 Å². The van der Waals surface area contributed by atoms with Crippen LogP contribution in [0.2, 0.25) is 0 Å². The molecule has 0 bridgehead atoms. The van der Waals surface area contributed by atoms with Crippen LogP contribution >= 0.6 is 0 Å². The standard InChI is InChI=1S/C51H32N2/c1-2-8-40(9-3-1)53-48-12-5-4-10-43(48)44-28-25-39(32-49(44)53)33-13-15-34(16-14-33)41-26-21-37-24-30-46-42(27-22-38-23-29-45(41)50(37)51(38)46)35-17-19-36(20-18-35)47-11-6-7-31-52-47/h1-32H. The second-order valence-electron chi connectivity index (χ2n) is 13.9. The third-order valence-corrected chi connectivity index (χ3v) is 11.0. The van der Waals surface area contributed by atoms with Crippen molar-refractivity contribution in [3.8, 4) is 50.3 Å². The molecular formula is C51H32N2. The summed E-state index contributed by atoms with van der Waals surface area (Å²) in [7, 11) is 0. The highest BCUT2D eigenvalue weighted by atomic mass is 15.0. The molecule has 9 aromatic carbocycles. The first-order chi connectivity index (χ1) is 26.3. The number of aromatic nitrogens is 2. The third-order valence-electron chi connectivity index (χ3n) is 11.0. The van der Waals surface area contributed by atoms with E-state index in [1.54, 1.807) is 0 Å². The van der Waals surface area contributed by atoms with Crippen LogP contribution in [0.5, 0.6) is 0 Å². The highest BCUT2D eigenvalue weighted by Gasteiger charge is 2.16. The molecule has 53 heavy (non-hydrogen) atoms. The number of rotatable bonds is 5. The summed E-state index contributed by atoms with van der Waals surface area (Å²) in [6.45, 7) is 0. The first kappa shape index (κ1) is 29.7. The average Bonchev–Trinajstić information content (AvgIpc) is 3.57. The maximum absolute atomic E-state index is 4.54. The Hall–Kier alpha value is -7.03. The molecule has 2 heterocycles. The van der Waals surface area contributed by atoms with E-state index in [2.05, 4.69) is 185 Å². The van der Waals surface area contributed by atoms with Gasteiger partial charge in [-0.15, -0.1) is 0 Å². The Morgan fingerprint density at radius 1 is 0.340 bits per heavy atom. The zero-order chi connectivity index (χ0) is 34.9. The van der Waals surface area contributed by atoms with E-state index in [-0.39, 0.29) is 0 Å². The van der Waals surface area contributed by atoms with Gasteiger partial charge in [0.2, 0.25) is 0 Å². The lowest BCUT2D eigenvalue weighted by atomic mass is 9.87. The molecule has 0 aliphatic carbocycles. The molecule has 0 aliphatic heterocycles. The predicted octanol–water partition coefficient (Wildman–Crippen LogP) is 13.7. The van der Waals surface area contributed by atoms with Crippen LogP contribution in [0.15, 0.2) is 194 Å². The topological polar surface area (TPSA) is 17.8 Å². The van der Waals surface area contributed by atoms with Crippen molar-refractivity contribution in [2.24, 2.45) is 0 Å². The van der Waals surface area contributed by atoms with Crippen molar-refractivity contribution in [1.82, 2.24) is 9.55 Å². The fourth-order valence-corrected chi connectivity index (χ4v) is 8.51. The van der Waals surface area contributed by atoms with E-state index in [1.807, 2.05) is 18.3 Å². The monoisotopic (exact) mass is 672 g/mol. The Morgan fingerprint density at radius 3 is 1.53 bits per heavy atom. The SMILES string of the molecule is c1ccc(-n2c3ccccc3c3ccc(-c4ccc(-c5ccc6ccc7c(-c8ccc(-c9ccccn9)cc8)ccc8ccc5c6c87)cc4)cc32)cc1. The molecule has 0 aliphatic rings. The van der Waals surface area contributed by atoms with Gasteiger partial charge in [0.05, 0.1) is 16.7 Å². The number of nitrogens with zero attached hydrogens (tertiary/aromatic N) is 2. The molecule has 2 aromatic heterocycles. The van der Waals surface area contributed by atoms with Crippen LogP contribution in [0.25, 0.3) is 104 Å². The number of fused-ring (bicyclic) bond motifs is 3. The van der Waals surface area contributed by atoms with Gasteiger partial charge in [0.25, 0.3) is 0 Å². The zero-order valence-electron chi connectivity index (χ0n) is 28.9. The lowest BCUT2D eigenvalue weighted by Gasteiger charge is -2.17. The largest absolute Gasteiger partial charge is 0.309 e. The second-order valence-corrected chi connectivity index (χ2v) is 13.9. The maximum atomic E-state index is 4.54. The Bertz CT molecular complexity index is 3120. The molecule has 0 unspecified atom stereocenters. The molecule has 0 saturated heterocycles. The van der Waals surface area contributed by atoms with Crippen molar-refractivity contribution in [3.05, 3.63) is 194 Å². The number of benzene rings is 9. The summed E-state index contributed by atoms with van der Waals surface area (Å²) in [6.07, 6.45) is 1.85. The summed E-state index contributed by atoms with van der Waals surface area (Å²) in [6, 6.07) is 68.5. The molecule has 246 valence electrons. The number of para-hydroxylation sites is 2. The van der Waals surface area contributed by atoms with Crippen molar-refractivity contribution in [1.29, 1.82) is 0 Å². The van der Waals surface area contributed by atoms with E-state index in [0.717, 1.165) is 11.3 Å². The predicted molar refractivity (Wildman–Crippen MR) is 224 cm³/mol.